The molecule has 0 aromatic heterocycles. The van der Waals surface area contributed by atoms with E-state index < -0.39 is 19.0 Å². The fourth-order valence-electron chi connectivity index (χ4n) is 1.64. The van der Waals surface area contributed by atoms with E-state index in [2.05, 4.69) is 11.7 Å². The van der Waals surface area contributed by atoms with Crippen molar-refractivity contribution in [3.63, 3.8) is 0 Å². The largest absolute Gasteiger partial charge is 0.459 e. The summed E-state index contributed by atoms with van der Waals surface area (Å²) in [5.41, 5.74) is 0. The number of ether oxygens (including phenoxy) is 1. The van der Waals surface area contributed by atoms with Crippen molar-refractivity contribution in [3.05, 3.63) is 0 Å². The average Bonchev–Trinajstić information content (AvgIpc) is 2.30. The molecule has 0 saturated carbocycles. The van der Waals surface area contributed by atoms with Gasteiger partial charge in [0.2, 0.25) is 0 Å². The smallest absolute Gasteiger partial charge is 0.308 e. The maximum absolute atomic E-state index is 11.8. The molecular weight excluding hydrogens is 226 g/mol. The first-order valence-electron chi connectivity index (χ1n) is 6.52. The van der Waals surface area contributed by atoms with Crippen molar-refractivity contribution in [1.82, 2.24) is 0 Å². The second-order valence-electron chi connectivity index (χ2n) is 4.48. The molecule has 1 atom stereocenters. The van der Waals surface area contributed by atoms with Crippen LogP contribution in [0, 0.1) is 5.92 Å². The predicted molar refractivity (Wildman–Crippen MR) is 64.1 cm³/mol. The molecule has 102 valence electrons. The number of esters is 1. The summed E-state index contributed by atoms with van der Waals surface area (Å²) in [7, 11) is 0. The number of alkyl halides is 2. The van der Waals surface area contributed by atoms with Crippen molar-refractivity contribution in [2.45, 2.75) is 65.2 Å². The number of unbranched alkanes of at least 4 members (excludes halogenated alkanes) is 5. The van der Waals surface area contributed by atoms with Crippen molar-refractivity contribution in [2.75, 3.05) is 6.61 Å². The molecule has 0 aliphatic heterocycles. The van der Waals surface area contributed by atoms with Crippen molar-refractivity contribution < 1.29 is 18.3 Å². The van der Waals surface area contributed by atoms with Crippen molar-refractivity contribution >= 4 is 5.97 Å². The van der Waals surface area contributed by atoms with E-state index in [0.29, 0.717) is 0 Å². The monoisotopic (exact) mass is 250 g/mol. The maximum Gasteiger partial charge on any atom is 0.308 e. The number of halogens is 2. The number of hydrogen-bond acceptors (Lipinski definition) is 2. The standard InChI is InChI=1S/C13H24F2O2/c1-3-4-5-6-7-8-9-11(2)13(16)17-10-12(14)15/h11-12H,3-10H2,1-2H3. The molecule has 0 rings (SSSR count). The Balaban J connectivity index is 3.44. The molecule has 1 unspecified atom stereocenters. The van der Waals surface area contributed by atoms with Crippen molar-refractivity contribution in [1.29, 1.82) is 0 Å². The number of carbonyl (C=O) groups is 1. The van der Waals surface area contributed by atoms with E-state index in [1.54, 1.807) is 6.92 Å². The van der Waals surface area contributed by atoms with Crippen LogP contribution in [0.15, 0.2) is 0 Å². The Bertz CT molecular complexity index is 196. The van der Waals surface area contributed by atoms with Gasteiger partial charge in [-0.25, -0.2) is 8.78 Å². The van der Waals surface area contributed by atoms with E-state index in [1.165, 1.54) is 25.7 Å². The number of hydrogen-bond donors (Lipinski definition) is 0. The highest BCUT2D eigenvalue weighted by Gasteiger charge is 2.15. The Kier molecular flexibility index (Phi) is 10.1. The first-order chi connectivity index (χ1) is 8.07. The fraction of sp³-hybridized carbons (Fsp3) is 0.923. The fourth-order valence-corrected chi connectivity index (χ4v) is 1.64. The second kappa shape index (κ2) is 10.5. The van der Waals surface area contributed by atoms with E-state index in [1.807, 2.05) is 0 Å². The zero-order chi connectivity index (χ0) is 13.1. The average molecular weight is 250 g/mol. The minimum Gasteiger partial charge on any atom is -0.459 e. The summed E-state index contributed by atoms with van der Waals surface area (Å²) in [4.78, 5) is 11.3. The molecule has 17 heavy (non-hydrogen) atoms. The molecule has 0 aliphatic rings. The molecule has 0 heterocycles. The molecule has 0 aromatic carbocycles. The molecule has 0 fully saturated rings. The van der Waals surface area contributed by atoms with Crippen LogP contribution in [0.1, 0.15) is 58.8 Å². The quantitative estimate of drug-likeness (QED) is 0.429. The van der Waals surface area contributed by atoms with Gasteiger partial charge in [-0.05, 0) is 6.42 Å². The normalized spacial score (nSPS) is 12.8. The third-order valence-corrected chi connectivity index (χ3v) is 2.74. The molecule has 0 radical (unpaired) electrons. The summed E-state index contributed by atoms with van der Waals surface area (Å²) in [5, 5.41) is 0. The van der Waals surface area contributed by atoms with E-state index in [0.717, 1.165) is 19.3 Å². The van der Waals surface area contributed by atoms with Crippen LogP contribution in [0.25, 0.3) is 0 Å². The highest BCUT2D eigenvalue weighted by molar-refractivity contribution is 5.71. The van der Waals surface area contributed by atoms with Gasteiger partial charge < -0.3 is 4.74 Å². The summed E-state index contributed by atoms with van der Waals surface area (Å²) in [6.07, 6.45) is 5.13. The van der Waals surface area contributed by atoms with Crippen LogP contribution in [0.3, 0.4) is 0 Å². The van der Waals surface area contributed by atoms with E-state index in [-0.39, 0.29) is 5.92 Å². The van der Waals surface area contributed by atoms with Crippen molar-refractivity contribution in [2.24, 2.45) is 5.92 Å². The highest BCUT2D eigenvalue weighted by Crippen LogP contribution is 2.13. The summed E-state index contributed by atoms with van der Waals surface area (Å²) in [5.74, 6) is -0.765. The first-order valence-corrected chi connectivity index (χ1v) is 6.52. The van der Waals surface area contributed by atoms with Gasteiger partial charge in [-0.3, -0.25) is 4.79 Å². The van der Waals surface area contributed by atoms with Gasteiger partial charge in [-0.15, -0.1) is 0 Å². The van der Waals surface area contributed by atoms with Crippen LogP contribution in [0.5, 0.6) is 0 Å². The minimum atomic E-state index is -2.57. The molecule has 0 N–H and O–H groups in total. The molecule has 0 amide bonds. The maximum atomic E-state index is 11.8. The third-order valence-electron chi connectivity index (χ3n) is 2.74. The molecular formula is C13H24F2O2. The van der Waals surface area contributed by atoms with Crippen LogP contribution in [-0.4, -0.2) is 19.0 Å². The Morgan fingerprint density at radius 3 is 2.29 bits per heavy atom. The summed E-state index contributed by atoms with van der Waals surface area (Å²) < 4.78 is 28.1. The zero-order valence-corrected chi connectivity index (χ0v) is 10.9. The lowest BCUT2D eigenvalue weighted by atomic mass is 10.0. The van der Waals surface area contributed by atoms with Crippen LogP contribution >= 0.6 is 0 Å². The lowest BCUT2D eigenvalue weighted by Gasteiger charge is -2.10. The van der Waals surface area contributed by atoms with Crippen LogP contribution in [-0.2, 0) is 9.53 Å². The van der Waals surface area contributed by atoms with Gasteiger partial charge >= 0.3 is 5.97 Å². The lowest BCUT2D eigenvalue weighted by molar-refractivity contribution is -0.152. The third kappa shape index (κ3) is 10.2. The van der Waals surface area contributed by atoms with Gasteiger partial charge in [0, 0.05) is 0 Å². The highest BCUT2D eigenvalue weighted by atomic mass is 19.3. The van der Waals surface area contributed by atoms with Gasteiger partial charge in [0.1, 0.15) is 0 Å². The van der Waals surface area contributed by atoms with Gasteiger partial charge in [0.25, 0.3) is 6.43 Å². The van der Waals surface area contributed by atoms with E-state index in [9.17, 15) is 13.6 Å². The zero-order valence-electron chi connectivity index (χ0n) is 10.9. The number of rotatable bonds is 10. The SMILES string of the molecule is CCCCCCCCC(C)C(=O)OCC(F)F. The molecule has 0 aliphatic carbocycles. The molecule has 0 saturated heterocycles. The van der Waals surface area contributed by atoms with E-state index >= 15 is 0 Å². The van der Waals surface area contributed by atoms with E-state index in [4.69, 9.17) is 0 Å². The lowest BCUT2D eigenvalue weighted by Crippen LogP contribution is -2.18. The summed E-state index contributed by atoms with van der Waals surface area (Å²) >= 11 is 0. The summed E-state index contributed by atoms with van der Waals surface area (Å²) in [6.45, 7) is 3.13. The Hall–Kier alpha value is -0.670. The predicted octanol–water partition coefficient (Wildman–Crippen LogP) is 4.18. The molecule has 2 nitrogen and oxygen atoms in total. The van der Waals surface area contributed by atoms with Crippen molar-refractivity contribution in [3.8, 4) is 0 Å². The second-order valence-corrected chi connectivity index (χ2v) is 4.48. The minimum absolute atomic E-state index is 0.264. The topological polar surface area (TPSA) is 26.3 Å². The van der Waals surface area contributed by atoms with Gasteiger partial charge in [0.15, 0.2) is 6.61 Å². The summed E-state index contributed by atoms with van der Waals surface area (Å²) in [6, 6.07) is 0. The first kappa shape index (κ1) is 16.3. The Morgan fingerprint density at radius 1 is 1.12 bits per heavy atom. The van der Waals surface area contributed by atoms with Crippen LogP contribution in [0.2, 0.25) is 0 Å². The number of carbonyl (C=O) groups excluding carboxylic acids is 1. The molecule has 0 spiro atoms. The Morgan fingerprint density at radius 2 is 1.71 bits per heavy atom. The molecule has 4 heteroatoms. The van der Waals surface area contributed by atoms with Crippen LogP contribution < -0.4 is 0 Å². The Labute approximate surface area is 103 Å². The van der Waals surface area contributed by atoms with Crippen LogP contribution in [0.4, 0.5) is 8.78 Å². The van der Waals surface area contributed by atoms with Gasteiger partial charge in [-0.1, -0.05) is 52.4 Å². The molecule has 0 bridgehead atoms. The van der Waals surface area contributed by atoms with Gasteiger partial charge in [0.05, 0.1) is 5.92 Å². The molecule has 0 aromatic rings. The van der Waals surface area contributed by atoms with Gasteiger partial charge in [-0.2, -0.15) is 0 Å².